The predicted octanol–water partition coefficient (Wildman–Crippen LogP) is 1.17. The van der Waals surface area contributed by atoms with Gasteiger partial charge in [-0.25, -0.2) is 14.5 Å². The normalized spacial score (nSPS) is 10.2. The van der Waals surface area contributed by atoms with Gasteiger partial charge in [0.05, 0.1) is 5.69 Å². The molecule has 13 heavy (non-hydrogen) atoms. The third-order valence-corrected chi connectivity index (χ3v) is 2.38. The van der Waals surface area contributed by atoms with Gasteiger partial charge in [0.15, 0.2) is 0 Å². The molecule has 0 spiro atoms. The van der Waals surface area contributed by atoms with Gasteiger partial charge in [0.1, 0.15) is 6.33 Å². The van der Waals surface area contributed by atoms with Crippen molar-refractivity contribution in [3.8, 4) is 5.69 Å². The van der Waals surface area contributed by atoms with Crippen molar-refractivity contribution in [3.63, 3.8) is 0 Å². The van der Waals surface area contributed by atoms with Crippen LogP contribution in [0.5, 0.6) is 0 Å². The van der Waals surface area contributed by atoms with Gasteiger partial charge < -0.3 is 0 Å². The lowest BCUT2D eigenvalue weighted by molar-refractivity contribution is 0.982. The summed E-state index contributed by atoms with van der Waals surface area (Å²) in [7, 11) is 0. The molecule has 0 aliphatic heterocycles. The van der Waals surface area contributed by atoms with Crippen LogP contribution in [0.1, 0.15) is 0 Å². The highest BCUT2D eigenvalue weighted by molar-refractivity contribution is 14.1. The number of halogens is 1. The quantitative estimate of drug-likeness (QED) is 0.800. The van der Waals surface area contributed by atoms with E-state index in [1.165, 1.54) is 10.9 Å². The molecule has 0 aliphatic rings. The zero-order valence-corrected chi connectivity index (χ0v) is 8.72. The predicted molar refractivity (Wildman–Crippen MR) is 56.9 cm³/mol. The van der Waals surface area contributed by atoms with Gasteiger partial charge >= 0.3 is 5.69 Å². The summed E-state index contributed by atoms with van der Waals surface area (Å²) in [4.78, 5) is 11.1. The first-order valence-corrected chi connectivity index (χ1v) is 4.73. The van der Waals surface area contributed by atoms with Gasteiger partial charge in [0, 0.05) is 3.57 Å². The summed E-state index contributed by atoms with van der Waals surface area (Å²) in [5, 5.41) is 5.98. The third kappa shape index (κ3) is 1.64. The zero-order chi connectivity index (χ0) is 9.26. The maximum Gasteiger partial charge on any atom is 0.347 e. The second-order valence-electron chi connectivity index (χ2n) is 2.51. The largest absolute Gasteiger partial charge is 0.347 e. The van der Waals surface area contributed by atoms with Gasteiger partial charge in [-0.3, -0.25) is 0 Å². The van der Waals surface area contributed by atoms with Crippen molar-refractivity contribution in [2.45, 2.75) is 0 Å². The summed E-state index contributed by atoms with van der Waals surface area (Å²) >= 11 is 2.21. The molecule has 5 heteroatoms. The summed E-state index contributed by atoms with van der Waals surface area (Å²) in [5.41, 5.74) is 0.598. The van der Waals surface area contributed by atoms with Crippen molar-refractivity contribution in [3.05, 3.63) is 44.6 Å². The standard InChI is InChI=1S/C8H6IN3O/c9-6-1-3-7(4-2-6)12-5-10-11-8(12)13/h1-5H,(H,11,13). The van der Waals surface area contributed by atoms with Gasteiger partial charge in [0.2, 0.25) is 0 Å². The van der Waals surface area contributed by atoms with Crippen LogP contribution >= 0.6 is 22.6 Å². The van der Waals surface area contributed by atoms with Crippen LogP contribution in [0, 0.1) is 3.57 Å². The Bertz CT molecular complexity index is 457. The maximum atomic E-state index is 11.1. The fraction of sp³-hybridized carbons (Fsp3) is 0. The molecule has 0 unspecified atom stereocenters. The Kier molecular flexibility index (Phi) is 2.17. The number of nitrogens with one attached hydrogen (secondary N) is 1. The number of H-pyrrole nitrogens is 1. The minimum atomic E-state index is -0.221. The number of benzene rings is 1. The first-order valence-electron chi connectivity index (χ1n) is 3.65. The maximum absolute atomic E-state index is 11.1. The lowest BCUT2D eigenvalue weighted by Gasteiger charge is -1.98. The smallest absolute Gasteiger partial charge is 0.250 e. The van der Waals surface area contributed by atoms with Crippen LogP contribution in [0.2, 0.25) is 0 Å². The van der Waals surface area contributed by atoms with Crippen molar-refractivity contribution in [2.75, 3.05) is 0 Å². The Balaban J connectivity index is 2.54. The highest BCUT2D eigenvalue weighted by Gasteiger charge is 1.98. The number of hydrogen-bond acceptors (Lipinski definition) is 2. The molecule has 0 aliphatic carbocycles. The van der Waals surface area contributed by atoms with Gasteiger partial charge in [-0.1, -0.05) is 0 Å². The van der Waals surface area contributed by atoms with E-state index in [2.05, 4.69) is 32.8 Å². The molecule has 1 aromatic carbocycles. The Hall–Kier alpha value is -1.11. The molecule has 0 fully saturated rings. The van der Waals surface area contributed by atoms with Crippen LogP contribution in [-0.2, 0) is 0 Å². The molecule has 2 rings (SSSR count). The second-order valence-corrected chi connectivity index (χ2v) is 3.75. The van der Waals surface area contributed by atoms with Crippen molar-refractivity contribution in [1.82, 2.24) is 14.8 Å². The van der Waals surface area contributed by atoms with Gasteiger partial charge in [0.25, 0.3) is 0 Å². The molecule has 1 aromatic heterocycles. The van der Waals surface area contributed by atoms with Crippen molar-refractivity contribution >= 4 is 22.6 Å². The molecule has 0 radical (unpaired) electrons. The van der Waals surface area contributed by atoms with Crippen molar-refractivity contribution < 1.29 is 0 Å². The van der Waals surface area contributed by atoms with E-state index in [1.807, 2.05) is 24.3 Å². The minimum absolute atomic E-state index is 0.221. The zero-order valence-electron chi connectivity index (χ0n) is 6.57. The molecular formula is C8H6IN3O. The summed E-state index contributed by atoms with van der Waals surface area (Å²) in [6.45, 7) is 0. The summed E-state index contributed by atoms with van der Waals surface area (Å²) in [6.07, 6.45) is 1.46. The average Bonchev–Trinajstić information content (AvgIpc) is 2.53. The number of rotatable bonds is 1. The third-order valence-electron chi connectivity index (χ3n) is 1.66. The Morgan fingerprint density at radius 1 is 1.31 bits per heavy atom. The van der Waals surface area contributed by atoms with Gasteiger partial charge in [-0.15, -0.1) is 0 Å². The lowest BCUT2D eigenvalue weighted by atomic mass is 10.3. The number of aromatic amines is 1. The molecule has 4 nitrogen and oxygen atoms in total. The Morgan fingerprint density at radius 2 is 2.00 bits per heavy atom. The fourth-order valence-corrected chi connectivity index (χ4v) is 1.39. The summed E-state index contributed by atoms with van der Waals surface area (Å²) in [5.74, 6) is 0. The van der Waals surface area contributed by atoms with Crippen molar-refractivity contribution in [2.24, 2.45) is 0 Å². The monoisotopic (exact) mass is 287 g/mol. The topological polar surface area (TPSA) is 50.7 Å². The molecular weight excluding hydrogens is 281 g/mol. The molecule has 0 bridgehead atoms. The highest BCUT2D eigenvalue weighted by Crippen LogP contribution is 2.08. The van der Waals surface area contributed by atoms with Crippen LogP contribution in [-0.4, -0.2) is 14.8 Å². The van der Waals surface area contributed by atoms with Crippen LogP contribution in [0.25, 0.3) is 5.69 Å². The van der Waals surface area contributed by atoms with E-state index < -0.39 is 0 Å². The Labute approximate surface area is 87.7 Å². The van der Waals surface area contributed by atoms with E-state index in [1.54, 1.807) is 0 Å². The fourth-order valence-electron chi connectivity index (χ4n) is 1.03. The molecule has 0 atom stereocenters. The molecule has 0 saturated carbocycles. The second kappa shape index (κ2) is 3.33. The van der Waals surface area contributed by atoms with Crippen LogP contribution < -0.4 is 5.69 Å². The SMILES string of the molecule is O=c1[nH]ncn1-c1ccc(I)cc1. The molecule has 0 saturated heterocycles. The van der Waals surface area contributed by atoms with Gasteiger partial charge in [-0.2, -0.15) is 5.10 Å². The van der Waals surface area contributed by atoms with E-state index in [4.69, 9.17) is 0 Å². The van der Waals surface area contributed by atoms with Crippen LogP contribution in [0.15, 0.2) is 35.4 Å². The van der Waals surface area contributed by atoms with Gasteiger partial charge in [-0.05, 0) is 46.9 Å². The summed E-state index contributed by atoms with van der Waals surface area (Å²) < 4.78 is 2.59. The molecule has 1 heterocycles. The number of nitrogens with zero attached hydrogens (tertiary/aromatic N) is 2. The van der Waals surface area contributed by atoms with E-state index in [0.717, 1.165) is 9.26 Å². The highest BCUT2D eigenvalue weighted by atomic mass is 127. The van der Waals surface area contributed by atoms with E-state index >= 15 is 0 Å². The number of aromatic nitrogens is 3. The lowest BCUT2D eigenvalue weighted by Crippen LogP contribution is -2.13. The summed E-state index contributed by atoms with van der Waals surface area (Å²) in [6, 6.07) is 7.63. The van der Waals surface area contributed by atoms with Crippen LogP contribution in [0.3, 0.4) is 0 Å². The van der Waals surface area contributed by atoms with E-state index in [-0.39, 0.29) is 5.69 Å². The van der Waals surface area contributed by atoms with E-state index in [9.17, 15) is 4.79 Å². The first-order chi connectivity index (χ1) is 6.27. The minimum Gasteiger partial charge on any atom is -0.250 e. The van der Waals surface area contributed by atoms with E-state index in [0.29, 0.717) is 0 Å². The number of hydrogen-bond donors (Lipinski definition) is 1. The van der Waals surface area contributed by atoms with Crippen LogP contribution in [0.4, 0.5) is 0 Å². The average molecular weight is 287 g/mol. The first kappa shape index (κ1) is 8.49. The Morgan fingerprint density at radius 3 is 2.54 bits per heavy atom. The molecule has 1 N–H and O–H groups in total. The molecule has 0 amide bonds. The van der Waals surface area contributed by atoms with Crippen molar-refractivity contribution in [1.29, 1.82) is 0 Å². The molecule has 66 valence electrons. The molecule has 2 aromatic rings.